The monoisotopic (exact) mass is 316 g/mol. The van der Waals surface area contributed by atoms with Crippen molar-refractivity contribution < 1.29 is 9.90 Å². The molecule has 0 spiro atoms. The van der Waals surface area contributed by atoms with Gasteiger partial charge in [0.15, 0.2) is 0 Å². The second kappa shape index (κ2) is 7.02. The van der Waals surface area contributed by atoms with E-state index in [-0.39, 0.29) is 5.91 Å². The zero-order chi connectivity index (χ0) is 16.4. The molecule has 0 radical (unpaired) electrons. The van der Waals surface area contributed by atoms with Crippen LogP contribution in [0.4, 0.5) is 0 Å². The summed E-state index contributed by atoms with van der Waals surface area (Å²) in [5, 5.41) is 10.5. The van der Waals surface area contributed by atoms with Crippen LogP contribution in [0.2, 0.25) is 0 Å². The number of nitrogens with zero attached hydrogens (tertiary/aromatic N) is 2. The van der Waals surface area contributed by atoms with E-state index >= 15 is 0 Å². The van der Waals surface area contributed by atoms with Crippen LogP contribution in [0.3, 0.4) is 0 Å². The molecule has 3 rings (SSSR count). The maximum atomic E-state index is 11.9. The number of aliphatic hydroxyl groups excluding tert-OH is 1. The average Bonchev–Trinajstić information content (AvgIpc) is 3.26. The van der Waals surface area contributed by atoms with Crippen LogP contribution in [-0.4, -0.2) is 52.5 Å². The van der Waals surface area contributed by atoms with Gasteiger partial charge in [-0.05, 0) is 44.7 Å². The van der Waals surface area contributed by atoms with E-state index in [2.05, 4.69) is 11.8 Å². The van der Waals surface area contributed by atoms with Crippen LogP contribution in [0, 0.1) is 6.92 Å². The molecule has 1 amide bonds. The molecule has 2 atom stereocenters. The van der Waals surface area contributed by atoms with E-state index in [1.165, 1.54) is 5.56 Å². The fourth-order valence-corrected chi connectivity index (χ4v) is 3.61. The van der Waals surface area contributed by atoms with E-state index in [9.17, 15) is 9.90 Å². The summed E-state index contributed by atoms with van der Waals surface area (Å²) in [6.07, 6.45) is 4.12. The minimum absolute atomic E-state index is 0.193. The summed E-state index contributed by atoms with van der Waals surface area (Å²) in [6.45, 7) is 6.23. The number of likely N-dealkylation sites (tertiary alicyclic amines) is 1. The number of carbonyl (C=O) groups is 1. The maximum absolute atomic E-state index is 11.9. The van der Waals surface area contributed by atoms with E-state index in [1.54, 1.807) is 6.92 Å². The van der Waals surface area contributed by atoms with Crippen LogP contribution in [0.5, 0.6) is 0 Å². The van der Waals surface area contributed by atoms with Crippen molar-refractivity contribution >= 4 is 5.91 Å². The van der Waals surface area contributed by atoms with E-state index in [0.29, 0.717) is 18.6 Å². The molecule has 1 saturated carbocycles. The fourth-order valence-electron chi connectivity index (χ4n) is 3.61. The van der Waals surface area contributed by atoms with Gasteiger partial charge in [0.25, 0.3) is 0 Å². The number of carbonyl (C=O) groups excluding carboxylic acids is 1. The summed E-state index contributed by atoms with van der Waals surface area (Å²) in [7, 11) is 0. The summed E-state index contributed by atoms with van der Waals surface area (Å²) in [6, 6.07) is 8.97. The van der Waals surface area contributed by atoms with Gasteiger partial charge in [-0.1, -0.05) is 29.8 Å². The van der Waals surface area contributed by atoms with Gasteiger partial charge >= 0.3 is 0 Å². The van der Waals surface area contributed by atoms with Crippen molar-refractivity contribution in [1.29, 1.82) is 0 Å². The van der Waals surface area contributed by atoms with Gasteiger partial charge in [-0.2, -0.15) is 0 Å². The van der Waals surface area contributed by atoms with Gasteiger partial charge in [-0.15, -0.1) is 0 Å². The first kappa shape index (κ1) is 16.5. The molecule has 1 aliphatic carbocycles. The van der Waals surface area contributed by atoms with Crippen molar-refractivity contribution in [1.82, 2.24) is 9.80 Å². The highest BCUT2D eigenvalue weighted by Gasteiger charge is 2.35. The standard InChI is InChI=1S/C19H28N2O2/c1-14-5-7-16(8-6-14)19(23)13-20-11-3-4-18(20)12-21(15(2)22)17-9-10-17/h5-8,17-19,23H,3-4,9-13H2,1-2H3/t18-,19-/m0/s1. The van der Waals surface area contributed by atoms with E-state index in [1.807, 2.05) is 29.2 Å². The Kier molecular flexibility index (Phi) is 5.02. The van der Waals surface area contributed by atoms with E-state index in [0.717, 1.165) is 44.3 Å². The van der Waals surface area contributed by atoms with Crippen LogP contribution in [-0.2, 0) is 4.79 Å². The van der Waals surface area contributed by atoms with Gasteiger partial charge in [0.05, 0.1) is 6.10 Å². The molecule has 0 unspecified atom stereocenters. The number of rotatable bonds is 6. The third-order valence-electron chi connectivity index (χ3n) is 5.17. The molecule has 1 saturated heterocycles. The van der Waals surface area contributed by atoms with Crippen LogP contribution >= 0.6 is 0 Å². The number of hydrogen-bond donors (Lipinski definition) is 1. The Balaban J connectivity index is 1.59. The zero-order valence-electron chi connectivity index (χ0n) is 14.2. The molecule has 0 aromatic heterocycles. The highest BCUT2D eigenvalue weighted by atomic mass is 16.3. The van der Waals surface area contributed by atoms with Crippen molar-refractivity contribution in [2.45, 2.75) is 57.7 Å². The molecule has 126 valence electrons. The van der Waals surface area contributed by atoms with Crippen molar-refractivity contribution in [3.63, 3.8) is 0 Å². The van der Waals surface area contributed by atoms with Gasteiger partial charge in [0, 0.05) is 32.1 Å². The Morgan fingerprint density at radius 2 is 2.00 bits per heavy atom. The number of benzene rings is 1. The van der Waals surface area contributed by atoms with E-state index in [4.69, 9.17) is 0 Å². The number of aliphatic hydroxyl groups is 1. The van der Waals surface area contributed by atoms with Crippen LogP contribution < -0.4 is 0 Å². The smallest absolute Gasteiger partial charge is 0.219 e. The number of amides is 1. The fraction of sp³-hybridized carbons (Fsp3) is 0.632. The average molecular weight is 316 g/mol. The number of aryl methyl sites for hydroxylation is 1. The molecule has 1 aromatic carbocycles. The molecule has 4 heteroatoms. The SMILES string of the molecule is CC(=O)N(C[C@@H]1CCCN1C[C@H](O)c1ccc(C)cc1)C1CC1. The van der Waals surface area contributed by atoms with Gasteiger partial charge in [0.2, 0.25) is 5.91 Å². The molecule has 1 heterocycles. The van der Waals surface area contributed by atoms with Crippen molar-refractivity contribution in [3.05, 3.63) is 35.4 Å². The highest BCUT2D eigenvalue weighted by Crippen LogP contribution is 2.30. The first-order chi connectivity index (χ1) is 11.0. The lowest BCUT2D eigenvalue weighted by atomic mass is 10.1. The predicted octanol–water partition coefficient (Wildman–Crippen LogP) is 2.50. The van der Waals surface area contributed by atoms with Crippen LogP contribution in [0.1, 0.15) is 49.8 Å². The maximum Gasteiger partial charge on any atom is 0.219 e. The van der Waals surface area contributed by atoms with Crippen molar-refractivity contribution in [2.75, 3.05) is 19.6 Å². The molecule has 1 aliphatic heterocycles. The summed E-state index contributed by atoms with van der Waals surface area (Å²) in [5.41, 5.74) is 2.19. The molecule has 0 bridgehead atoms. The predicted molar refractivity (Wildman–Crippen MR) is 91.1 cm³/mol. The van der Waals surface area contributed by atoms with Crippen LogP contribution in [0.25, 0.3) is 0 Å². The Labute approximate surface area is 139 Å². The lowest BCUT2D eigenvalue weighted by molar-refractivity contribution is -0.130. The lowest BCUT2D eigenvalue weighted by Crippen LogP contribution is -2.44. The molecular formula is C19H28N2O2. The minimum Gasteiger partial charge on any atom is -0.387 e. The first-order valence-corrected chi connectivity index (χ1v) is 8.80. The Morgan fingerprint density at radius 3 is 2.61 bits per heavy atom. The first-order valence-electron chi connectivity index (χ1n) is 8.80. The molecular weight excluding hydrogens is 288 g/mol. The van der Waals surface area contributed by atoms with Crippen LogP contribution in [0.15, 0.2) is 24.3 Å². The third kappa shape index (κ3) is 4.12. The van der Waals surface area contributed by atoms with E-state index < -0.39 is 6.10 Å². The highest BCUT2D eigenvalue weighted by molar-refractivity contribution is 5.74. The quantitative estimate of drug-likeness (QED) is 0.877. The third-order valence-corrected chi connectivity index (χ3v) is 5.17. The molecule has 23 heavy (non-hydrogen) atoms. The normalized spacial score (nSPS) is 23.0. The Morgan fingerprint density at radius 1 is 1.30 bits per heavy atom. The molecule has 4 nitrogen and oxygen atoms in total. The zero-order valence-corrected chi connectivity index (χ0v) is 14.2. The largest absolute Gasteiger partial charge is 0.387 e. The Bertz CT molecular complexity index is 539. The summed E-state index contributed by atoms with van der Waals surface area (Å²) >= 11 is 0. The second-order valence-corrected chi connectivity index (χ2v) is 7.12. The van der Waals surface area contributed by atoms with Gasteiger partial charge in [-0.3, -0.25) is 9.69 Å². The number of hydrogen-bond acceptors (Lipinski definition) is 3. The molecule has 2 aliphatic rings. The lowest BCUT2D eigenvalue weighted by Gasteiger charge is -2.31. The Hall–Kier alpha value is -1.39. The molecule has 2 fully saturated rings. The van der Waals surface area contributed by atoms with Crippen molar-refractivity contribution in [2.24, 2.45) is 0 Å². The van der Waals surface area contributed by atoms with Gasteiger partial charge < -0.3 is 10.0 Å². The summed E-state index contributed by atoms with van der Waals surface area (Å²) < 4.78 is 0. The topological polar surface area (TPSA) is 43.8 Å². The van der Waals surface area contributed by atoms with Gasteiger partial charge in [0.1, 0.15) is 0 Å². The molecule has 1 N–H and O–H groups in total. The second-order valence-electron chi connectivity index (χ2n) is 7.12. The minimum atomic E-state index is -0.456. The molecule has 1 aromatic rings. The van der Waals surface area contributed by atoms with Crippen molar-refractivity contribution in [3.8, 4) is 0 Å². The number of β-amino-alcohol motifs (C(OH)–C–C–N with tert-alkyl or cyclic N) is 1. The van der Waals surface area contributed by atoms with Gasteiger partial charge in [-0.25, -0.2) is 0 Å². The summed E-state index contributed by atoms with van der Waals surface area (Å²) in [4.78, 5) is 16.3. The summed E-state index contributed by atoms with van der Waals surface area (Å²) in [5.74, 6) is 0.193.